The van der Waals surface area contributed by atoms with E-state index in [9.17, 15) is 19.5 Å². The van der Waals surface area contributed by atoms with E-state index in [1.807, 2.05) is 20.8 Å². The standard InChI is InChI=1S/C19H21NO6/c1-19(2,3)12-6-7-14-16(17(12)26-5)11(10-21)13(20(14)18(23)24)8-9-15(22)25-4/h6-10H,1-5H3,(H,23,24). The molecule has 0 unspecified atom stereocenters. The maximum atomic E-state index is 11.8. The topological polar surface area (TPSA) is 94.8 Å². The molecule has 0 aliphatic carbocycles. The van der Waals surface area contributed by atoms with Gasteiger partial charge in [0.05, 0.1) is 36.4 Å². The number of nitrogens with zero attached hydrogens (tertiary/aromatic N) is 1. The normalized spacial score (nSPS) is 11.7. The van der Waals surface area contributed by atoms with Crippen LogP contribution in [0.3, 0.4) is 0 Å². The Kier molecular flexibility index (Phi) is 5.20. The third-order valence-corrected chi connectivity index (χ3v) is 4.06. The highest BCUT2D eigenvalue weighted by Crippen LogP contribution is 2.40. The van der Waals surface area contributed by atoms with Crippen LogP contribution in [0, 0.1) is 0 Å². The minimum Gasteiger partial charge on any atom is -0.496 e. The zero-order chi connectivity index (χ0) is 19.6. The molecular weight excluding hydrogens is 338 g/mol. The number of carbonyl (C=O) groups is 3. The van der Waals surface area contributed by atoms with Gasteiger partial charge < -0.3 is 14.6 Å². The number of fused-ring (bicyclic) bond motifs is 1. The molecule has 0 radical (unpaired) electrons. The summed E-state index contributed by atoms with van der Waals surface area (Å²) >= 11 is 0. The van der Waals surface area contributed by atoms with Crippen LogP contribution >= 0.6 is 0 Å². The van der Waals surface area contributed by atoms with Crippen molar-refractivity contribution in [2.45, 2.75) is 26.2 Å². The van der Waals surface area contributed by atoms with Gasteiger partial charge in [-0.1, -0.05) is 26.8 Å². The molecule has 1 aromatic heterocycles. The molecule has 0 aliphatic heterocycles. The van der Waals surface area contributed by atoms with Crippen LogP contribution in [0.4, 0.5) is 4.79 Å². The fourth-order valence-electron chi connectivity index (χ4n) is 2.90. The molecule has 26 heavy (non-hydrogen) atoms. The van der Waals surface area contributed by atoms with Crippen molar-refractivity contribution in [1.82, 2.24) is 4.57 Å². The van der Waals surface area contributed by atoms with Gasteiger partial charge in [0.1, 0.15) is 5.75 Å². The Hall–Kier alpha value is -3.09. The monoisotopic (exact) mass is 359 g/mol. The first-order valence-electron chi connectivity index (χ1n) is 7.87. The lowest BCUT2D eigenvalue weighted by atomic mass is 9.85. The van der Waals surface area contributed by atoms with Crippen LogP contribution in [0.1, 0.15) is 42.4 Å². The molecule has 2 rings (SSSR count). The second-order valence-electron chi connectivity index (χ2n) is 6.68. The largest absolute Gasteiger partial charge is 0.496 e. The van der Waals surface area contributed by atoms with E-state index in [-0.39, 0.29) is 16.7 Å². The Morgan fingerprint density at radius 2 is 1.85 bits per heavy atom. The first kappa shape index (κ1) is 19.2. The van der Waals surface area contributed by atoms with Crippen LogP contribution in [0.15, 0.2) is 18.2 Å². The molecule has 0 fully saturated rings. The number of ether oxygens (including phenoxy) is 2. The summed E-state index contributed by atoms with van der Waals surface area (Å²) in [6.45, 7) is 5.97. The lowest BCUT2D eigenvalue weighted by Gasteiger charge is -2.22. The van der Waals surface area contributed by atoms with Gasteiger partial charge in [-0.25, -0.2) is 14.2 Å². The summed E-state index contributed by atoms with van der Waals surface area (Å²) in [5.74, 6) is -0.226. The summed E-state index contributed by atoms with van der Waals surface area (Å²) < 4.78 is 11.0. The molecule has 7 nitrogen and oxygen atoms in total. The number of carboxylic acid groups (broad SMARTS) is 1. The van der Waals surface area contributed by atoms with Gasteiger partial charge in [0.25, 0.3) is 0 Å². The number of aromatic nitrogens is 1. The summed E-state index contributed by atoms with van der Waals surface area (Å²) in [7, 11) is 2.68. The van der Waals surface area contributed by atoms with Crippen molar-refractivity contribution in [3.8, 4) is 5.75 Å². The summed E-state index contributed by atoms with van der Waals surface area (Å²) in [6.07, 6.45) is 1.60. The van der Waals surface area contributed by atoms with E-state index in [1.165, 1.54) is 20.3 Å². The fraction of sp³-hybridized carbons (Fsp3) is 0.316. The minimum absolute atomic E-state index is 0.0669. The Morgan fingerprint density at radius 3 is 2.31 bits per heavy atom. The van der Waals surface area contributed by atoms with Gasteiger partial charge in [0.15, 0.2) is 6.29 Å². The van der Waals surface area contributed by atoms with Crippen LogP contribution in [0.25, 0.3) is 17.0 Å². The van der Waals surface area contributed by atoms with Crippen molar-refractivity contribution < 1.29 is 29.0 Å². The maximum absolute atomic E-state index is 11.8. The molecule has 2 aromatic rings. The molecule has 0 spiro atoms. The molecular formula is C19H21NO6. The summed E-state index contributed by atoms with van der Waals surface area (Å²) in [5.41, 5.74) is 1.05. The number of carbonyl (C=O) groups excluding carboxylic acids is 2. The number of aldehydes is 1. The Labute approximate surface area is 150 Å². The van der Waals surface area contributed by atoms with E-state index in [1.54, 1.807) is 12.1 Å². The van der Waals surface area contributed by atoms with Gasteiger partial charge in [-0.05, 0) is 17.6 Å². The summed E-state index contributed by atoms with van der Waals surface area (Å²) in [4.78, 5) is 35.0. The molecule has 0 amide bonds. The number of hydrogen-bond acceptors (Lipinski definition) is 5. The highest BCUT2D eigenvalue weighted by atomic mass is 16.5. The van der Waals surface area contributed by atoms with E-state index in [0.717, 1.165) is 16.2 Å². The van der Waals surface area contributed by atoms with E-state index < -0.39 is 12.1 Å². The quantitative estimate of drug-likeness (QED) is 0.510. The highest BCUT2D eigenvalue weighted by Gasteiger charge is 2.27. The molecule has 0 saturated carbocycles. The van der Waals surface area contributed by atoms with Crippen LogP contribution in [0.5, 0.6) is 5.75 Å². The second-order valence-corrected chi connectivity index (χ2v) is 6.68. The third kappa shape index (κ3) is 3.20. The molecule has 7 heteroatoms. The van der Waals surface area contributed by atoms with E-state index in [0.29, 0.717) is 22.9 Å². The summed E-state index contributed by atoms with van der Waals surface area (Å²) in [6, 6.07) is 3.41. The number of esters is 1. The SMILES string of the molecule is COC(=O)C=Cc1c(C=O)c2c(OC)c(C(C)(C)C)ccc2n1C(=O)O. The molecule has 1 N–H and O–H groups in total. The van der Waals surface area contributed by atoms with E-state index in [4.69, 9.17) is 4.74 Å². The van der Waals surface area contributed by atoms with Gasteiger partial charge in [-0.2, -0.15) is 0 Å². The van der Waals surface area contributed by atoms with Gasteiger partial charge >= 0.3 is 12.1 Å². The minimum atomic E-state index is -1.28. The van der Waals surface area contributed by atoms with E-state index >= 15 is 0 Å². The smallest absolute Gasteiger partial charge is 0.416 e. The van der Waals surface area contributed by atoms with Crippen LogP contribution in [-0.4, -0.2) is 42.2 Å². The molecule has 1 heterocycles. The molecule has 0 aliphatic rings. The highest BCUT2D eigenvalue weighted by molar-refractivity contribution is 6.09. The zero-order valence-corrected chi connectivity index (χ0v) is 15.3. The lowest BCUT2D eigenvalue weighted by molar-refractivity contribution is -0.134. The number of rotatable bonds is 4. The van der Waals surface area contributed by atoms with Crippen molar-refractivity contribution in [3.05, 3.63) is 35.0 Å². The average molecular weight is 359 g/mol. The predicted molar refractivity (Wildman–Crippen MR) is 97.1 cm³/mol. The second kappa shape index (κ2) is 7.03. The van der Waals surface area contributed by atoms with E-state index in [2.05, 4.69) is 4.74 Å². The first-order chi connectivity index (χ1) is 12.2. The van der Waals surface area contributed by atoms with Gasteiger partial charge in [0.2, 0.25) is 0 Å². The number of benzene rings is 1. The third-order valence-electron chi connectivity index (χ3n) is 4.06. The maximum Gasteiger partial charge on any atom is 0.416 e. The van der Waals surface area contributed by atoms with Crippen molar-refractivity contribution in [3.63, 3.8) is 0 Å². The molecule has 0 saturated heterocycles. The lowest BCUT2D eigenvalue weighted by Crippen LogP contribution is -2.13. The zero-order valence-electron chi connectivity index (χ0n) is 15.3. The van der Waals surface area contributed by atoms with Crippen LogP contribution in [-0.2, 0) is 14.9 Å². The van der Waals surface area contributed by atoms with Gasteiger partial charge in [-0.15, -0.1) is 0 Å². The van der Waals surface area contributed by atoms with Crippen molar-refractivity contribution in [1.29, 1.82) is 0 Å². The molecule has 0 atom stereocenters. The Morgan fingerprint density at radius 1 is 1.19 bits per heavy atom. The first-order valence-corrected chi connectivity index (χ1v) is 7.87. The summed E-state index contributed by atoms with van der Waals surface area (Å²) in [5, 5.41) is 10.0. The van der Waals surface area contributed by atoms with Gasteiger partial charge in [0, 0.05) is 11.6 Å². The molecule has 0 bridgehead atoms. The van der Waals surface area contributed by atoms with Crippen LogP contribution in [0.2, 0.25) is 0 Å². The van der Waals surface area contributed by atoms with Crippen molar-refractivity contribution in [2.24, 2.45) is 0 Å². The Bertz CT molecular complexity index is 914. The van der Waals surface area contributed by atoms with Crippen LogP contribution < -0.4 is 4.74 Å². The van der Waals surface area contributed by atoms with Crippen molar-refractivity contribution in [2.75, 3.05) is 14.2 Å². The number of methoxy groups -OCH3 is 2. The average Bonchev–Trinajstić information content (AvgIpc) is 2.91. The fourth-order valence-corrected chi connectivity index (χ4v) is 2.90. The molecule has 138 valence electrons. The predicted octanol–water partition coefficient (Wildman–Crippen LogP) is 3.47. The van der Waals surface area contributed by atoms with Gasteiger partial charge in [-0.3, -0.25) is 4.79 Å². The molecule has 1 aromatic carbocycles. The number of hydrogen-bond donors (Lipinski definition) is 1. The van der Waals surface area contributed by atoms with Crippen molar-refractivity contribution >= 4 is 35.3 Å². The Balaban J connectivity index is 2.98.